The monoisotopic (exact) mass is 487 g/mol. The van der Waals surface area contributed by atoms with Crippen LogP contribution in [0.25, 0.3) is 0 Å². The summed E-state index contributed by atoms with van der Waals surface area (Å²) in [6.45, 7) is 0.606. The van der Waals surface area contributed by atoms with Crippen molar-refractivity contribution in [3.63, 3.8) is 0 Å². The first kappa shape index (κ1) is 28.3. The van der Waals surface area contributed by atoms with Gasteiger partial charge in [0.05, 0.1) is 12.5 Å². The van der Waals surface area contributed by atoms with Gasteiger partial charge in [-0.05, 0) is 32.2 Å². The van der Waals surface area contributed by atoms with E-state index in [1.807, 2.05) is 5.32 Å². The second-order valence-corrected chi connectivity index (χ2v) is 7.71. The molecule has 1 saturated heterocycles. The van der Waals surface area contributed by atoms with Gasteiger partial charge in [0.25, 0.3) is 0 Å². The van der Waals surface area contributed by atoms with Crippen LogP contribution < -0.4 is 27.0 Å². The van der Waals surface area contributed by atoms with E-state index in [1.165, 1.54) is 0 Å². The molecule has 0 radical (unpaired) electrons. The van der Waals surface area contributed by atoms with Crippen LogP contribution in [0.4, 0.5) is 0 Å². The first-order valence-corrected chi connectivity index (χ1v) is 10.5. The van der Waals surface area contributed by atoms with Gasteiger partial charge >= 0.3 is 17.9 Å². The molecule has 1 rings (SSSR count). The number of carbonyl (C=O) groups excluding carboxylic acids is 4. The number of hydrogen-bond acceptors (Lipinski definition) is 8. The molecule has 4 unspecified atom stereocenters. The predicted molar refractivity (Wildman–Crippen MR) is 112 cm³/mol. The zero-order valence-corrected chi connectivity index (χ0v) is 18.2. The van der Waals surface area contributed by atoms with Gasteiger partial charge in [-0.25, -0.2) is 4.79 Å². The van der Waals surface area contributed by atoms with Crippen LogP contribution in [-0.4, -0.2) is 87.6 Å². The summed E-state index contributed by atoms with van der Waals surface area (Å²) >= 11 is 0. The molecule has 0 aromatic carbocycles. The quantitative estimate of drug-likeness (QED) is 0.115. The average molecular weight is 487 g/mol. The molecule has 0 saturated carbocycles. The summed E-state index contributed by atoms with van der Waals surface area (Å²) in [5.74, 6) is -7.77. The maximum atomic E-state index is 12.8. The van der Waals surface area contributed by atoms with E-state index in [9.17, 15) is 33.6 Å². The number of nitrogens with two attached hydrogens (primary N) is 1. The van der Waals surface area contributed by atoms with Gasteiger partial charge in [0.1, 0.15) is 18.1 Å². The molecule has 1 aliphatic heterocycles. The lowest BCUT2D eigenvalue weighted by Crippen LogP contribution is -2.57. The first-order chi connectivity index (χ1) is 15.9. The Morgan fingerprint density at radius 2 is 1.38 bits per heavy atom. The Bertz CT molecular complexity index is 811. The number of rotatable bonds is 15. The smallest absolute Gasteiger partial charge is 0.326 e. The van der Waals surface area contributed by atoms with Crippen molar-refractivity contribution in [2.75, 3.05) is 6.54 Å². The molecule has 0 spiro atoms. The van der Waals surface area contributed by atoms with Gasteiger partial charge in [0.2, 0.25) is 23.6 Å². The first-order valence-electron chi connectivity index (χ1n) is 10.5. The van der Waals surface area contributed by atoms with Gasteiger partial charge in [-0.1, -0.05) is 0 Å². The lowest BCUT2D eigenvalue weighted by Gasteiger charge is -2.24. The molecular formula is C19H29N5O10. The van der Waals surface area contributed by atoms with Crippen LogP contribution in [0.1, 0.15) is 44.9 Å². The fourth-order valence-corrected chi connectivity index (χ4v) is 3.19. The predicted octanol–water partition coefficient (Wildman–Crippen LogP) is -3.12. The largest absolute Gasteiger partial charge is 0.481 e. The van der Waals surface area contributed by atoms with Crippen molar-refractivity contribution in [3.8, 4) is 0 Å². The van der Waals surface area contributed by atoms with Crippen LogP contribution in [0.3, 0.4) is 0 Å². The topological polar surface area (TPSA) is 254 Å². The van der Waals surface area contributed by atoms with Crippen molar-refractivity contribution in [3.05, 3.63) is 0 Å². The van der Waals surface area contributed by atoms with Gasteiger partial charge in [-0.3, -0.25) is 28.8 Å². The Morgan fingerprint density at radius 3 is 1.85 bits per heavy atom. The number of aliphatic carboxylic acids is 3. The second kappa shape index (κ2) is 13.7. The van der Waals surface area contributed by atoms with Crippen LogP contribution in [0.2, 0.25) is 0 Å². The SMILES string of the molecule is NC(=O)CCC(NC(=O)C1CCCN1)C(=O)NC(CCC(=O)O)C(=O)NC(CC(=O)O)C(=O)O. The van der Waals surface area contributed by atoms with Gasteiger partial charge in [0, 0.05) is 12.8 Å². The van der Waals surface area contributed by atoms with E-state index in [2.05, 4.69) is 16.0 Å². The van der Waals surface area contributed by atoms with E-state index in [0.717, 1.165) is 6.42 Å². The zero-order chi connectivity index (χ0) is 25.8. The zero-order valence-electron chi connectivity index (χ0n) is 18.2. The highest BCUT2D eigenvalue weighted by atomic mass is 16.4. The van der Waals surface area contributed by atoms with E-state index < -0.39 is 85.0 Å². The molecule has 15 heteroatoms. The van der Waals surface area contributed by atoms with Crippen molar-refractivity contribution in [2.24, 2.45) is 5.73 Å². The number of nitrogens with one attached hydrogen (secondary N) is 4. The Hall–Kier alpha value is -3.75. The number of carbonyl (C=O) groups is 7. The molecule has 0 aromatic rings. The minimum absolute atomic E-state index is 0.205. The van der Waals surface area contributed by atoms with Gasteiger partial charge in [-0.15, -0.1) is 0 Å². The van der Waals surface area contributed by atoms with Gasteiger partial charge in [0.15, 0.2) is 0 Å². The molecule has 4 atom stereocenters. The Morgan fingerprint density at radius 1 is 0.824 bits per heavy atom. The lowest BCUT2D eigenvalue weighted by atomic mass is 10.1. The fraction of sp³-hybridized carbons (Fsp3) is 0.632. The Kier molecular flexibility index (Phi) is 11.4. The molecule has 4 amide bonds. The molecular weight excluding hydrogens is 458 g/mol. The molecule has 0 bridgehead atoms. The van der Waals surface area contributed by atoms with Gasteiger partial charge in [-0.2, -0.15) is 0 Å². The van der Waals surface area contributed by atoms with E-state index in [4.69, 9.17) is 21.1 Å². The van der Waals surface area contributed by atoms with Crippen molar-refractivity contribution < 1.29 is 48.9 Å². The van der Waals surface area contributed by atoms with E-state index >= 15 is 0 Å². The third-order valence-corrected chi connectivity index (χ3v) is 4.96. The number of carboxylic acids is 3. The number of amides is 4. The van der Waals surface area contributed by atoms with Crippen molar-refractivity contribution in [1.82, 2.24) is 21.3 Å². The highest BCUT2D eigenvalue weighted by molar-refractivity contribution is 5.95. The van der Waals surface area contributed by atoms with Gasteiger partial charge < -0.3 is 42.3 Å². The number of carboxylic acid groups (broad SMARTS) is 3. The number of hydrogen-bond donors (Lipinski definition) is 8. The molecule has 190 valence electrons. The third-order valence-electron chi connectivity index (χ3n) is 4.96. The second-order valence-electron chi connectivity index (χ2n) is 7.71. The van der Waals surface area contributed by atoms with Crippen LogP contribution >= 0.6 is 0 Å². The normalized spacial score (nSPS) is 17.6. The van der Waals surface area contributed by atoms with Crippen molar-refractivity contribution in [1.29, 1.82) is 0 Å². The molecule has 0 aliphatic carbocycles. The molecule has 0 aromatic heterocycles. The molecule has 15 nitrogen and oxygen atoms in total. The molecule has 1 fully saturated rings. The Balaban J connectivity index is 2.98. The molecule has 9 N–H and O–H groups in total. The highest BCUT2D eigenvalue weighted by Gasteiger charge is 2.32. The van der Waals surface area contributed by atoms with Crippen molar-refractivity contribution in [2.45, 2.75) is 69.1 Å². The average Bonchev–Trinajstić information content (AvgIpc) is 3.27. The summed E-state index contributed by atoms with van der Waals surface area (Å²) in [5, 5.41) is 36.5. The summed E-state index contributed by atoms with van der Waals surface area (Å²) in [6.07, 6.45) is -1.20. The van der Waals surface area contributed by atoms with E-state index in [-0.39, 0.29) is 12.8 Å². The fourth-order valence-electron chi connectivity index (χ4n) is 3.19. The summed E-state index contributed by atoms with van der Waals surface area (Å²) in [4.78, 5) is 82.0. The standard InChI is InChI=1S/C19H29N5O10/c20-13(25)5-3-10(22-16(30)9-2-1-7-21-9)17(31)23-11(4-6-14(26)27)18(32)24-12(19(33)34)8-15(28)29/h9-12,21H,1-8H2,(H2,20,25)(H,22,30)(H,23,31)(H,24,32)(H,26,27)(H,28,29)(H,33,34). The maximum Gasteiger partial charge on any atom is 0.326 e. The van der Waals surface area contributed by atoms with Crippen LogP contribution in [0.5, 0.6) is 0 Å². The number of primary amides is 1. The van der Waals surface area contributed by atoms with Crippen LogP contribution in [0.15, 0.2) is 0 Å². The highest BCUT2D eigenvalue weighted by Crippen LogP contribution is 2.08. The molecule has 1 heterocycles. The minimum atomic E-state index is -1.83. The van der Waals surface area contributed by atoms with E-state index in [0.29, 0.717) is 13.0 Å². The molecule has 1 aliphatic rings. The van der Waals surface area contributed by atoms with Crippen LogP contribution in [-0.2, 0) is 33.6 Å². The van der Waals surface area contributed by atoms with E-state index in [1.54, 1.807) is 0 Å². The maximum absolute atomic E-state index is 12.8. The van der Waals surface area contributed by atoms with Crippen molar-refractivity contribution >= 4 is 41.5 Å². The third kappa shape index (κ3) is 10.2. The minimum Gasteiger partial charge on any atom is -0.481 e. The summed E-state index contributed by atoms with van der Waals surface area (Å²) < 4.78 is 0. The lowest BCUT2D eigenvalue weighted by molar-refractivity contribution is -0.147. The van der Waals surface area contributed by atoms with Crippen LogP contribution in [0, 0.1) is 0 Å². The summed E-state index contributed by atoms with van der Waals surface area (Å²) in [5.41, 5.74) is 5.12. The summed E-state index contributed by atoms with van der Waals surface area (Å²) in [7, 11) is 0. The Labute approximate surface area is 193 Å². The molecule has 34 heavy (non-hydrogen) atoms. The summed E-state index contributed by atoms with van der Waals surface area (Å²) in [6, 6.07) is -5.23.